The fraction of sp³-hybridized carbons (Fsp3) is 0.455. The Morgan fingerprint density at radius 3 is 2.82 bits per heavy atom. The number of hydrogen-bond donors (Lipinski definition) is 1. The number of aryl methyl sites for hydroxylation is 2. The summed E-state index contributed by atoms with van der Waals surface area (Å²) in [6.07, 6.45) is 3.15. The molecule has 2 rings (SSSR count). The van der Waals surface area contributed by atoms with Crippen molar-refractivity contribution >= 4 is 23.6 Å². The van der Waals surface area contributed by atoms with Crippen LogP contribution in [0.25, 0.3) is 6.08 Å². The zero-order valence-corrected chi connectivity index (χ0v) is 10.5. The molecule has 0 atom stereocenters. The van der Waals surface area contributed by atoms with E-state index in [1.807, 2.05) is 6.92 Å². The number of carbonyl (C=O) groups excluding carboxylic acids is 1. The van der Waals surface area contributed by atoms with Gasteiger partial charge in [-0.2, -0.15) is 5.10 Å². The minimum atomic E-state index is -0.141. The van der Waals surface area contributed by atoms with Gasteiger partial charge in [-0.05, 0) is 13.0 Å². The summed E-state index contributed by atoms with van der Waals surface area (Å²) in [6, 6.07) is 0.137. The molecule has 1 aromatic heterocycles. The molecule has 6 heteroatoms. The van der Waals surface area contributed by atoms with Gasteiger partial charge in [-0.15, -0.1) is 0 Å². The van der Waals surface area contributed by atoms with Crippen molar-refractivity contribution in [1.82, 2.24) is 15.1 Å². The lowest BCUT2D eigenvalue weighted by Gasteiger charge is -2.26. The van der Waals surface area contributed by atoms with E-state index < -0.39 is 0 Å². The van der Waals surface area contributed by atoms with Crippen LogP contribution < -0.4 is 5.32 Å². The molecule has 0 aliphatic carbocycles. The largest absolute Gasteiger partial charge is 0.377 e. The van der Waals surface area contributed by atoms with Gasteiger partial charge < -0.3 is 10.1 Å². The Balaban J connectivity index is 2.01. The number of nitrogens with one attached hydrogen (secondary N) is 1. The number of carbonyl (C=O) groups is 1. The van der Waals surface area contributed by atoms with Crippen LogP contribution in [-0.4, -0.2) is 34.9 Å². The van der Waals surface area contributed by atoms with Crippen LogP contribution in [-0.2, 0) is 16.6 Å². The number of halogens is 1. The van der Waals surface area contributed by atoms with Gasteiger partial charge in [0.15, 0.2) is 0 Å². The van der Waals surface area contributed by atoms with Crippen molar-refractivity contribution in [2.75, 3.05) is 13.2 Å². The second kappa shape index (κ2) is 4.89. The zero-order chi connectivity index (χ0) is 12.4. The molecule has 1 aliphatic rings. The van der Waals surface area contributed by atoms with E-state index in [2.05, 4.69) is 10.4 Å². The van der Waals surface area contributed by atoms with Crippen molar-refractivity contribution in [3.63, 3.8) is 0 Å². The van der Waals surface area contributed by atoms with E-state index in [4.69, 9.17) is 16.3 Å². The van der Waals surface area contributed by atoms with E-state index in [0.29, 0.717) is 18.4 Å². The monoisotopic (exact) mass is 255 g/mol. The standard InChI is InChI=1S/C11H14ClN3O2/c1-7-9(11(12)15(2)14-7)3-4-10(16)13-8-5-17-6-8/h3-4,8H,5-6H2,1-2H3,(H,13,16). The van der Waals surface area contributed by atoms with Crippen molar-refractivity contribution in [1.29, 1.82) is 0 Å². The highest BCUT2D eigenvalue weighted by Crippen LogP contribution is 2.19. The Bertz CT molecular complexity index is 464. The molecule has 0 unspecified atom stereocenters. The second-order valence-corrected chi connectivity index (χ2v) is 4.35. The molecule has 1 fully saturated rings. The summed E-state index contributed by atoms with van der Waals surface area (Å²) in [5.74, 6) is -0.141. The first-order chi connectivity index (χ1) is 8.08. The van der Waals surface area contributed by atoms with Gasteiger partial charge in [0, 0.05) is 18.7 Å². The maximum atomic E-state index is 11.5. The minimum absolute atomic E-state index is 0.137. The van der Waals surface area contributed by atoms with Crippen LogP contribution in [0.2, 0.25) is 5.15 Å². The van der Waals surface area contributed by atoms with Gasteiger partial charge in [-0.25, -0.2) is 0 Å². The summed E-state index contributed by atoms with van der Waals surface area (Å²) < 4.78 is 6.54. The van der Waals surface area contributed by atoms with E-state index in [-0.39, 0.29) is 11.9 Å². The molecule has 5 nitrogen and oxygen atoms in total. The van der Waals surface area contributed by atoms with Gasteiger partial charge in [0.2, 0.25) is 5.91 Å². The van der Waals surface area contributed by atoms with Crippen LogP contribution in [0.4, 0.5) is 0 Å². The van der Waals surface area contributed by atoms with Crippen LogP contribution in [0.15, 0.2) is 6.08 Å². The quantitative estimate of drug-likeness (QED) is 0.817. The molecule has 1 amide bonds. The molecule has 92 valence electrons. The predicted molar refractivity (Wildman–Crippen MR) is 64.7 cm³/mol. The van der Waals surface area contributed by atoms with Crippen molar-refractivity contribution in [3.8, 4) is 0 Å². The topological polar surface area (TPSA) is 56.2 Å². The SMILES string of the molecule is Cc1nn(C)c(Cl)c1C=CC(=O)NC1COC1. The second-order valence-electron chi connectivity index (χ2n) is 3.99. The predicted octanol–water partition coefficient (Wildman–Crippen LogP) is 0.910. The molecule has 0 radical (unpaired) electrons. The third-order valence-electron chi connectivity index (χ3n) is 2.58. The first-order valence-electron chi connectivity index (χ1n) is 5.33. The third-order valence-corrected chi connectivity index (χ3v) is 3.03. The summed E-state index contributed by atoms with van der Waals surface area (Å²) in [5, 5.41) is 7.50. The van der Waals surface area contributed by atoms with Gasteiger partial charge in [0.1, 0.15) is 5.15 Å². The normalized spacial score (nSPS) is 16.2. The molecular weight excluding hydrogens is 242 g/mol. The summed E-state index contributed by atoms with van der Waals surface area (Å²) >= 11 is 6.04. The van der Waals surface area contributed by atoms with Crippen molar-refractivity contribution in [2.24, 2.45) is 7.05 Å². The molecule has 0 spiro atoms. The number of hydrogen-bond acceptors (Lipinski definition) is 3. The van der Waals surface area contributed by atoms with Crippen LogP contribution in [0, 0.1) is 6.92 Å². The molecule has 0 aromatic carbocycles. The van der Waals surface area contributed by atoms with Gasteiger partial charge in [0.05, 0.1) is 24.9 Å². The Labute approximate surface area is 104 Å². The van der Waals surface area contributed by atoms with Gasteiger partial charge in [-0.3, -0.25) is 9.48 Å². The van der Waals surface area contributed by atoms with Crippen LogP contribution in [0.5, 0.6) is 0 Å². The highest BCUT2D eigenvalue weighted by molar-refractivity contribution is 6.31. The molecule has 0 bridgehead atoms. The third kappa shape index (κ3) is 2.68. The maximum Gasteiger partial charge on any atom is 0.244 e. The summed E-state index contributed by atoms with van der Waals surface area (Å²) in [7, 11) is 1.76. The number of nitrogens with zero attached hydrogens (tertiary/aromatic N) is 2. The van der Waals surface area contributed by atoms with E-state index in [9.17, 15) is 4.79 Å². The lowest BCUT2D eigenvalue weighted by Crippen LogP contribution is -2.48. The lowest BCUT2D eigenvalue weighted by molar-refractivity contribution is -0.120. The molecular formula is C11H14ClN3O2. The smallest absolute Gasteiger partial charge is 0.244 e. The highest BCUT2D eigenvalue weighted by Gasteiger charge is 2.19. The van der Waals surface area contributed by atoms with E-state index >= 15 is 0 Å². The highest BCUT2D eigenvalue weighted by atomic mass is 35.5. The molecule has 17 heavy (non-hydrogen) atoms. The van der Waals surface area contributed by atoms with Crippen molar-refractivity contribution in [3.05, 3.63) is 22.5 Å². The molecule has 1 saturated heterocycles. The average Bonchev–Trinajstić information content (AvgIpc) is 2.45. The number of rotatable bonds is 3. The van der Waals surface area contributed by atoms with E-state index in [1.54, 1.807) is 17.8 Å². The van der Waals surface area contributed by atoms with Crippen molar-refractivity contribution < 1.29 is 9.53 Å². The summed E-state index contributed by atoms with van der Waals surface area (Å²) in [4.78, 5) is 11.5. The van der Waals surface area contributed by atoms with Gasteiger partial charge in [0.25, 0.3) is 0 Å². The minimum Gasteiger partial charge on any atom is -0.377 e. The zero-order valence-electron chi connectivity index (χ0n) is 9.74. The Morgan fingerprint density at radius 1 is 1.65 bits per heavy atom. The molecule has 1 aromatic rings. The lowest BCUT2D eigenvalue weighted by atomic mass is 10.2. The van der Waals surface area contributed by atoms with Crippen LogP contribution in [0.1, 0.15) is 11.3 Å². The summed E-state index contributed by atoms with van der Waals surface area (Å²) in [6.45, 7) is 3.03. The van der Waals surface area contributed by atoms with E-state index in [1.165, 1.54) is 6.08 Å². The fourth-order valence-electron chi connectivity index (χ4n) is 1.56. The molecule has 0 saturated carbocycles. The van der Waals surface area contributed by atoms with Gasteiger partial charge in [-0.1, -0.05) is 11.6 Å². The molecule has 1 aliphatic heterocycles. The first kappa shape index (κ1) is 12.1. The van der Waals surface area contributed by atoms with Gasteiger partial charge >= 0.3 is 0 Å². The number of ether oxygens (including phenoxy) is 1. The van der Waals surface area contributed by atoms with E-state index in [0.717, 1.165) is 11.3 Å². The Hall–Kier alpha value is -1.33. The average molecular weight is 256 g/mol. The maximum absolute atomic E-state index is 11.5. The fourth-order valence-corrected chi connectivity index (χ4v) is 1.80. The Kier molecular flexibility index (Phi) is 3.49. The molecule has 2 heterocycles. The molecule has 1 N–H and O–H groups in total. The number of aromatic nitrogens is 2. The number of amides is 1. The summed E-state index contributed by atoms with van der Waals surface area (Å²) in [5.41, 5.74) is 1.57. The van der Waals surface area contributed by atoms with Crippen LogP contribution >= 0.6 is 11.6 Å². The first-order valence-corrected chi connectivity index (χ1v) is 5.71. The Morgan fingerprint density at radius 2 is 2.35 bits per heavy atom. The van der Waals surface area contributed by atoms with Crippen LogP contribution in [0.3, 0.4) is 0 Å². The van der Waals surface area contributed by atoms with Crippen molar-refractivity contribution in [2.45, 2.75) is 13.0 Å².